The van der Waals surface area contributed by atoms with Crippen LogP contribution in [0, 0.1) is 0 Å². The van der Waals surface area contributed by atoms with E-state index in [1.165, 1.54) is 5.56 Å². The Labute approximate surface area is 116 Å². The van der Waals surface area contributed by atoms with Gasteiger partial charge in [0.05, 0.1) is 12.8 Å². The topological polar surface area (TPSA) is 42.4 Å². The Kier molecular flexibility index (Phi) is 4.58. The number of halogens is 1. The number of nitrogens with two attached hydrogens (primary N) is 1. The third kappa shape index (κ3) is 3.22. The van der Waals surface area contributed by atoms with Gasteiger partial charge in [-0.05, 0) is 36.9 Å². The number of hydrogen-bond acceptors (Lipinski definition) is 3. The van der Waals surface area contributed by atoms with Crippen molar-refractivity contribution in [1.82, 2.24) is 4.90 Å². The lowest BCUT2D eigenvalue weighted by molar-refractivity contribution is 0.223. The maximum absolute atomic E-state index is 5.89. The van der Waals surface area contributed by atoms with Crippen LogP contribution in [0.15, 0.2) is 51.6 Å². The molecule has 0 aliphatic heterocycles. The summed E-state index contributed by atoms with van der Waals surface area (Å²) in [6, 6.07) is 12.4. The van der Waals surface area contributed by atoms with Crippen molar-refractivity contribution < 1.29 is 4.42 Å². The first kappa shape index (κ1) is 13.3. The van der Waals surface area contributed by atoms with E-state index in [0.29, 0.717) is 6.54 Å². The monoisotopic (exact) mass is 308 g/mol. The third-order valence-electron chi connectivity index (χ3n) is 3.00. The summed E-state index contributed by atoms with van der Waals surface area (Å²) in [6.45, 7) is 1.34. The van der Waals surface area contributed by atoms with E-state index >= 15 is 0 Å². The van der Waals surface area contributed by atoms with Crippen molar-refractivity contribution in [3.05, 3.63) is 58.5 Å². The largest absolute Gasteiger partial charge is 0.468 e. The van der Waals surface area contributed by atoms with Gasteiger partial charge < -0.3 is 10.2 Å². The molecule has 96 valence electrons. The molecule has 2 N–H and O–H groups in total. The summed E-state index contributed by atoms with van der Waals surface area (Å²) in [6.07, 6.45) is 1.69. The van der Waals surface area contributed by atoms with Crippen molar-refractivity contribution in [1.29, 1.82) is 0 Å². The fraction of sp³-hybridized carbons (Fsp3) is 0.286. The van der Waals surface area contributed by atoms with E-state index in [4.69, 9.17) is 10.2 Å². The fourth-order valence-electron chi connectivity index (χ4n) is 2.01. The lowest BCUT2D eigenvalue weighted by Crippen LogP contribution is -2.30. The molecule has 0 fully saturated rings. The summed E-state index contributed by atoms with van der Waals surface area (Å²) in [4.78, 5) is 2.20. The Hall–Kier alpha value is -1.10. The highest BCUT2D eigenvalue weighted by atomic mass is 79.9. The van der Waals surface area contributed by atoms with Crippen LogP contribution in [0.25, 0.3) is 0 Å². The number of likely N-dealkylation sites (N-methyl/N-ethyl adjacent to an activating group) is 1. The van der Waals surface area contributed by atoms with E-state index < -0.39 is 0 Å². The number of nitrogens with zero attached hydrogens (tertiary/aromatic N) is 1. The molecule has 4 heteroatoms. The minimum absolute atomic E-state index is 0.197. The molecular weight excluding hydrogens is 292 g/mol. The van der Waals surface area contributed by atoms with E-state index in [1.807, 2.05) is 24.3 Å². The van der Waals surface area contributed by atoms with Crippen molar-refractivity contribution in [2.75, 3.05) is 13.6 Å². The quantitative estimate of drug-likeness (QED) is 0.922. The molecule has 1 unspecified atom stereocenters. The van der Waals surface area contributed by atoms with Crippen LogP contribution < -0.4 is 5.73 Å². The van der Waals surface area contributed by atoms with E-state index in [9.17, 15) is 0 Å². The molecular formula is C14H17BrN2O. The summed E-state index contributed by atoms with van der Waals surface area (Å²) in [5.41, 5.74) is 7.11. The van der Waals surface area contributed by atoms with Gasteiger partial charge in [-0.25, -0.2) is 0 Å². The maximum atomic E-state index is 5.89. The van der Waals surface area contributed by atoms with Gasteiger partial charge in [-0.2, -0.15) is 0 Å². The summed E-state index contributed by atoms with van der Waals surface area (Å²) >= 11 is 3.44. The maximum Gasteiger partial charge on any atom is 0.117 e. The zero-order valence-electron chi connectivity index (χ0n) is 10.3. The molecule has 0 spiro atoms. The van der Waals surface area contributed by atoms with Crippen LogP contribution in [0.5, 0.6) is 0 Å². The van der Waals surface area contributed by atoms with Crippen molar-refractivity contribution in [2.24, 2.45) is 5.73 Å². The van der Waals surface area contributed by atoms with Crippen LogP contribution in [-0.2, 0) is 6.54 Å². The predicted molar refractivity (Wildman–Crippen MR) is 76.1 cm³/mol. The first-order valence-electron chi connectivity index (χ1n) is 5.89. The van der Waals surface area contributed by atoms with Gasteiger partial charge in [0.15, 0.2) is 0 Å². The molecule has 1 atom stereocenters. The van der Waals surface area contributed by atoms with Gasteiger partial charge >= 0.3 is 0 Å². The lowest BCUT2D eigenvalue weighted by Gasteiger charge is -2.26. The highest BCUT2D eigenvalue weighted by molar-refractivity contribution is 9.10. The second-order valence-corrected chi connectivity index (χ2v) is 5.21. The molecule has 2 aromatic rings. The summed E-state index contributed by atoms with van der Waals surface area (Å²) < 4.78 is 6.44. The molecule has 0 bridgehead atoms. The molecule has 18 heavy (non-hydrogen) atoms. The standard InChI is InChI=1S/C14H17BrN2O/c1-17(10-13-3-2-8-18-13)14(9-16)11-4-6-12(15)7-5-11/h2-8,14H,9-10,16H2,1H3. The number of furan rings is 1. The Morgan fingerprint density at radius 2 is 2.00 bits per heavy atom. The highest BCUT2D eigenvalue weighted by Crippen LogP contribution is 2.22. The van der Waals surface area contributed by atoms with Gasteiger partial charge in [-0.3, -0.25) is 4.90 Å². The van der Waals surface area contributed by atoms with Crippen molar-refractivity contribution in [3.8, 4) is 0 Å². The third-order valence-corrected chi connectivity index (χ3v) is 3.52. The normalized spacial score (nSPS) is 12.9. The van der Waals surface area contributed by atoms with Crippen LogP contribution in [-0.4, -0.2) is 18.5 Å². The second-order valence-electron chi connectivity index (χ2n) is 4.30. The minimum Gasteiger partial charge on any atom is -0.468 e. The molecule has 1 aromatic carbocycles. The van der Waals surface area contributed by atoms with Crippen LogP contribution in [0.3, 0.4) is 0 Å². The zero-order chi connectivity index (χ0) is 13.0. The number of rotatable bonds is 5. The molecule has 1 heterocycles. The number of benzene rings is 1. The van der Waals surface area contributed by atoms with E-state index in [0.717, 1.165) is 16.8 Å². The zero-order valence-corrected chi connectivity index (χ0v) is 11.9. The van der Waals surface area contributed by atoms with E-state index in [2.05, 4.69) is 40.0 Å². The highest BCUT2D eigenvalue weighted by Gasteiger charge is 2.16. The molecule has 0 radical (unpaired) electrons. The minimum atomic E-state index is 0.197. The first-order chi connectivity index (χ1) is 8.70. The lowest BCUT2D eigenvalue weighted by atomic mass is 10.1. The molecule has 0 aliphatic rings. The van der Waals surface area contributed by atoms with Gasteiger partial charge in [0.25, 0.3) is 0 Å². The molecule has 0 saturated heterocycles. The Morgan fingerprint density at radius 1 is 1.28 bits per heavy atom. The van der Waals surface area contributed by atoms with Crippen LogP contribution in [0.2, 0.25) is 0 Å². The average molecular weight is 309 g/mol. The van der Waals surface area contributed by atoms with Gasteiger partial charge in [0.2, 0.25) is 0 Å². The van der Waals surface area contributed by atoms with Gasteiger partial charge in [0, 0.05) is 17.1 Å². The van der Waals surface area contributed by atoms with E-state index in [1.54, 1.807) is 6.26 Å². The van der Waals surface area contributed by atoms with Crippen LogP contribution >= 0.6 is 15.9 Å². The van der Waals surface area contributed by atoms with Gasteiger partial charge in [-0.1, -0.05) is 28.1 Å². The summed E-state index contributed by atoms with van der Waals surface area (Å²) in [5.74, 6) is 0.952. The summed E-state index contributed by atoms with van der Waals surface area (Å²) in [5, 5.41) is 0. The Bertz CT molecular complexity index is 467. The molecule has 0 aliphatic carbocycles. The molecule has 3 nitrogen and oxygen atoms in total. The molecule has 2 rings (SSSR count). The van der Waals surface area contributed by atoms with Crippen LogP contribution in [0.1, 0.15) is 17.4 Å². The molecule has 0 saturated carbocycles. The predicted octanol–water partition coefficient (Wildman–Crippen LogP) is 3.17. The Morgan fingerprint density at radius 3 is 2.56 bits per heavy atom. The second kappa shape index (κ2) is 6.18. The summed E-state index contributed by atoms with van der Waals surface area (Å²) in [7, 11) is 2.06. The van der Waals surface area contributed by atoms with Crippen molar-refractivity contribution >= 4 is 15.9 Å². The molecule has 1 aromatic heterocycles. The Balaban J connectivity index is 2.10. The van der Waals surface area contributed by atoms with Crippen LogP contribution in [0.4, 0.5) is 0 Å². The SMILES string of the molecule is CN(Cc1ccco1)C(CN)c1ccc(Br)cc1. The first-order valence-corrected chi connectivity index (χ1v) is 6.68. The van der Waals surface area contributed by atoms with Crippen molar-refractivity contribution in [2.45, 2.75) is 12.6 Å². The smallest absolute Gasteiger partial charge is 0.117 e. The average Bonchev–Trinajstić information content (AvgIpc) is 2.85. The molecule has 0 amide bonds. The fourth-order valence-corrected chi connectivity index (χ4v) is 2.28. The van der Waals surface area contributed by atoms with E-state index in [-0.39, 0.29) is 6.04 Å². The van der Waals surface area contributed by atoms with Crippen molar-refractivity contribution in [3.63, 3.8) is 0 Å². The number of hydrogen-bond donors (Lipinski definition) is 1. The van der Waals surface area contributed by atoms with Gasteiger partial charge in [0.1, 0.15) is 5.76 Å². The van der Waals surface area contributed by atoms with Gasteiger partial charge in [-0.15, -0.1) is 0 Å².